The number of likely N-dealkylation sites (N-methyl/N-ethyl adjacent to an activating group) is 1. The molecule has 18 nitrogen and oxygen atoms in total. The van der Waals surface area contributed by atoms with Crippen molar-refractivity contribution in [1.29, 1.82) is 0 Å². The molecule has 0 saturated carbocycles. The lowest BCUT2D eigenvalue weighted by molar-refractivity contribution is -0.354. The van der Waals surface area contributed by atoms with Crippen molar-refractivity contribution >= 4 is 23.6 Å². The molecule has 18 heteroatoms. The molecule has 0 aliphatic carbocycles. The van der Waals surface area contributed by atoms with Crippen LogP contribution in [0.2, 0.25) is 0 Å². The van der Waals surface area contributed by atoms with Crippen LogP contribution in [0.4, 0.5) is 0 Å². The minimum Gasteiger partial charge on any atom is -0.509 e. The average molecular weight is 846 g/mol. The molecule has 3 rings (SSSR count). The van der Waals surface area contributed by atoms with Gasteiger partial charge in [0.25, 0.3) is 5.91 Å². The second-order valence-electron chi connectivity index (χ2n) is 15.7. The molecule has 2 saturated heterocycles. The quantitative estimate of drug-likeness (QED) is 0.0296. The molecule has 1 amide bonds. The Kier molecular flexibility index (Phi) is 22.5. The number of aliphatic hydroxyl groups excluding tert-OH is 7. The molecule has 0 bridgehead atoms. The van der Waals surface area contributed by atoms with Gasteiger partial charge in [-0.15, -0.1) is 0 Å². The molecule has 2 fully saturated rings. The fourth-order valence-electron chi connectivity index (χ4n) is 7.52. The van der Waals surface area contributed by atoms with Gasteiger partial charge in [0.05, 0.1) is 13.0 Å². The number of hydrogen-bond acceptors (Lipinski definition) is 15. The molecular formula is C41H67NO17. The number of amides is 1. The second-order valence-corrected chi connectivity index (χ2v) is 15.7. The van der Waals surface area contributed by atoms with E-state index < -0.39 is 110 Å². The van der Waals surface area contributed by atoms with Gasteiger partial charge in [-0.3, -0.25) is 14.4 Å². The summed E-state index contributed by atoms with van der Waals surface area (Å²) in [5, 5.41) is 89.8. The van der Waals surface area contributed by atoms with E-state index in [2.05, 4.69) is 12.2 Å². The summed E-state index contributed by atoms with van der Waals surface area (Å²) in [7, 11) is 1.39. The minimum absolute atomic E-state index is 0.155. The zero-order valence-corrected chi connectivity index (χ0v) is 34.1. The van der Waals surface area contributed by atoms with E-state index in [1.54, 1.807) is 0 Å². The van der Waals surface area contributed by atoms with E-state index in [-0.39, 0.29) is 18.6 Å². The maximum atomic E-state index is 12.5. The summed E-state index contributed by atoms with van der Waals surface area (Å²) in [5.74, 6) is -4.17. The Bertz CT molecular complexity index is 1370. The summed E-state index contributed by atoms with van der Waals surface area (Å²) in [6, 6.07) is -0.992. The molecule has 3 aliphatic rings. The van der Waals surface area contributed by atoms with Crippen LogP contribution in [0.25, 0.3) is 0 Å². The van der Waals surface area contributed by atoms with Gasteiger partial charge in [-0.05, 0) is 38.5 Å². The predicted octanol–water partition coefficient (Wildman–Crippen LogP) is 1.99. The van der Waals surface area contributed by atoms with E-state index >= 15 is 0 Å². The molecule has 3 heterocycles. The maximum absolute atomic E-state index is 12.5. The molecule has 59 heavy (non-hydrogen) atoms. The lowest BCUT2D eigenvalue weighted by Gasteiger charge is -2.45. The van der Waals surface area contributed by atoms with Crippen LogP contribution in [0, 0.1) is 0 Å². The molecule has 9 N–H and O–H groups in total. The van der Waals surface area contributed by atoms with Gasteiger partial charge in [0.15, 0.2) is 24.5 Å². The molecule has 0 aromatic heterocycles. The average Bonchev–Trinajstić information content (AvgIpc) is 3.41. The minimum atomic E-state index is -1.84. The van der Waals surface area contributed by atoms with Crippen LogP contribution < -0.4 is 0 Å². The molecular weight excluding hydrogens is 778 g/mol. The van der Waals surface area contributed by atoms with Gasteiger partial charge in [0.2, 0.25) is 0 Å². The van der Waals surface area contributed by atoms with Crippen molar-refractivity contribution in [2.75, 3.05) is 20.3 Å². The van der Waals surface area contributed by atoms with Gasteiger partial charge in [0, 0.05) is 20.1 Å². The number of nitrogens with zero attached hydrogens (tertiary/aromatic N) is 1. The van der Waals surface area contributed by atoms with Crippen molar-refractivity contribution in [3.05, 3.63) is 23.5 Å². The van der Waals surface area contributed by atoms with E-state index in [1.165, 1.54) is 7.05 Å². The Balaban J connectivity index is 1.13. The highest BCUT2D eigenvalue weighted by molar-refractivity contribution is 6.21. The third kappa shape index (κ3) is 15.4. The van der Waals surface area contributed by atoms with E-state index in [0.717, 1.165) is 101 Å². The predicted molar refractivity (Wildman–Crippen MR) is 209 cm³/mol. The van der Waals surface area contributed by atoms with Crippen LogP contribution in [0.15, 0.2) is 23.5 Å². The summed E-state index contributed by atoms with van der Waals surface area (Å²) in [5.41, 5.74) is -0.271. The van der Waals surface area contributed by atoms with Crippen molar-refractivity contribution in [2.45, 2.75) is 189 Å². The molecule has 0 spiro atoms. The number of aliphatic carboxylic acids is 2. The summed E-state index contributed by atoms with van der Waals surface area (Å²) in [6.07, 6.45) is 4.41. The molecule has 0 unspecified atom stereocenters. The van der Waals surface area contributed by atoms with Crippen LogP contribution in [-0.4, -0.2) is 162 Å². The molecule has 0 radical (unpaired) electrons. The first-order valence-electron chi connectivity index (χ1n) is 21.1. The largest absolute Gasteiger partial charge is 0.509 e. The summed E-state index contributed by atoms with van der Waals surface area (Å²) in [6.45, 7) is -0.579. The van der Waals surface area contributed by atoms with Crippen LogP contribution >= 0.6 is 0 Å². The fraction of sp³-hybridized carbons (Fsp3) is 0.805. The highest BCUT2D eigenvalue weighted by atomic mass is 16.7. The number of carbonyl (C=O) groups is 4. The number of ether oxygens (including phenoxy) is 4. The SMILES string of the molecule is CN1C(=O)C(C(=O)CCCCCCCCC/C=C\CCCCCCCCCCO[C@@H]2O[C@H](C(=O)O)[C@H](O[C@@H]3O[C@H](CO)[C@@H](O)[C@H](O)[C@H]3O)[C@H](O)[C@H]2O)=C(O)[C@H]1CC(=O)O. The molecule has 3 aliphatic heterocycles. The van der Waals surface area contributed by atoms with E-state index in [9.17, 15) is 60.0 Å². The first-order chi connectivity index (χ1) is 28.2. The summed E-state index contributed by atoms with van der Waals surface area (Å²) in [4.78, 5) is 48.9. The third-order valence-corrected chi connectivity index (χ3v) is 11.1. The van der Waals surface area contributed by atoms with Crippen LogP contribution in [0.5, 0.6) is 0 Å². The Labute approximate surface area is 345 Å². The number of aliphatic hydroxyl groups is 7. The Hall–Kier alpha value is -3.04. The normalized spacial score (nSPS) is 30.1. The number of hydrogen-bond donors (Lipinski definition) is 9. The van der Waals surface area contributed by atoms with Gasteiger partial charge >= 0.3 is 11.9 Å². The number of carboxylic acids is 2. The highest BCUT2D eigenvalue weighted by Gasteiger charge is 2.53. The maximum Gasteiger partial charge on any atom is 0.335 e. The number of carbonyl (C=O) groups excluding carboxylic acids is 2. The van der Waals surface area contributed by atoms with E-state index in [0.29, 0.717) is 12.8 Å². The highest BCUT2D eigenvalue weighted by Crippen LogP contribution is 2.31. The Morgan fingerprint density at radius 3 is 1.76 bits per heavy atom. The number of unbranched alkanes of at least 4 members (excludes halogenated alkanes) is 15. The third-order valence-electron chi connectivity index (χ3n) is 11.1. The number of rotatable bonds is 29. The number of carboxylic acid groups (broad SMARTS) is 2. The van der Waals surface area contributed by atoms with Gasteiger partial charge in [-0.25, -0.2) is 4.79 Å². The Morgan fingerprint density at radius 1 is 0.695 bits per heavy atom. The summed E-state index contributed by atoms with van der Waals surface area (Å²) < 4.78 is 21.6. The van der Waals surface area contributed by atoms with Gasteiger partial charge in [-0.1, -0.05) is 82.8 Å². The number of allylic oxidation sites excluding steroid dienone is 2. The lowest BCUT2D eigenvalue weighted by Crippen LogP contribution is -2.65. The smallest absolute Gasteiger partial charge is 0.335 e. The number of ketones is 1. The van der Waals surface area contributed by atoms with Crippen molar-refractivity contribution in [3.8, 4) is 0 Å². The van der Waals surface area contributed by atoms with Gasteiger partial charge in [0.1, 0.15) is 60.1 Å². The Morgan fingerprint density at radius 2 is 1.22 bits per heavy atom. The van der Waals surface area contributed by atoms with E-state index in [4.69, 9.17) is 24.1 Å². The van der Waals surface area contributed by atoms with Crippen molar-refractivity contribution in [2.24, 2.45) is 0 Å². The van der Waals surface area contributed by atoms with Crippen molar-refractivity contribution in [3.63, 3.8) is 0 Å². The van der Waals surface area contributed by atoms with Crippen LogP contribution in [-0.2, 0) is 38.1 Å². The first kappa shape index (κ1) is 50.3. The molecule has 11 atom stereocenters. The lowest BCUT2D eigenvalue weighted by atomic mass is 9.97. The zero-order valence-electron chi connectivity index (χ0n) is 34.1. The van der Waals surface area contributed by atoms with Crippen LogP contribution in [0.3, 0.4) is 0 Å². The standard InChI is InChI=1S/C41H67NO17/c1-42-25(23-28(45)46)30(47)29(38(42)53)26(44)21-19-17-15-13-11-9-7-5-3-2-4-6-8-10-12-14-16-18-20-22-56-40-35(52)33(50)36(37(59-40)39(54)55)58-41-34(51)32(49)31(48)27(24-43)57-41/h2-3,25,27,31-37,40-41,43,47-52H,4-24H2,1H3,(H,45,46)(H,54,55)/b3-2-/t25-,27-,31-,32+,33-,34-,35-,36-,37+,40-,41+/m1/s1. The molecule has 0 aromatic carbocycles. The topological polar surface area (TPSA) is 291 Å². The van der Waals surface area contributed by atoms with Crippen LogP contribution in [0.1, 0.15) is 122 Å². The second kappa shape index (κ2) is 26.3. The molecule has 338 valence electrons. The number of Topliss-reactive ketones (excluding diaryl/α,β-unsaturated/α-hetero) is 1. The van der Waals surface area contributed by atoms with Gasteiger partial charge in [-0.2, -0.15) is 0 Å². The first-order valence-corrected chi connectivity index (χ1v) is 21.1. The zero-order chi connectivity index (χ0) is 43.5. The fourth-order valence-corrected chi connectivity index (χ4v) is 7.52. The van der Waals surface area contributed by atoms with Crippen molar-refractivity contribution in [1.82, 2.24) is 4.90 Å². The summed E-state index contributed by atoms with van der Waals surface area (Å²) >= 11 is 0. The van der Waals surface area contributed by atoms with Crippen molar-refractivity contribution < 1.29 is 84.1 Å². The van der Waals surface area contributed by atoms with E-state index in [1.807, 2.05) is 0 Å². The molecule has 0 aromatic rings. The van der Waals surface area contributed by atoms with Gasteiger partial charge < -0.3 is 69.8 Å². The monoisotopic (exact) mass is 845 g/mol.